The molecular weight excluding hydrogens is 480 g/mol. The highest BCUT2D eigenvalue weighted by molar-refractivity contribution is 8.13. The van der Waals surface area contributed by atoms with Gasteiger partial charge in [0.05, 0.1) is 16.9 Å². The number of hydrogen-bond acceptors (Lipinski definition) is 8. The maximum atomic E-state index is 12.9. The molecule has 1 amide bonds. The van der Waals surface area contributed by atoms with Crippen molar-refractivity contribution in [2.45, 2.75) is 34.1 Å². The topological polar surface area (TPSA) is 112 Å². The molecule has 0 fully saturated rings. The van der Waals surface area contributed by atoms with Gasteiger partial charge >= 0.3 is 11.9 Å². The van der Waals surface area contributed by atoms with Gasteiger partial charge in [-0.3, -0.25) is 19.4 Å². The monoisotopic (exact) mass is 508 g/mol. The Morgan fingerprint density at radius 2 is 1.82 bits per heavy atom. The van der Waals surface area contributed by atoms with Gasteiger partial charge in [0, 0.05) is 30.8 Å². The average molecular weight is 509 g/mol. The minimum Gasteiger partial charge on any atom is -0.427 e. The first-order valence-corrected chi connectivity index (χ1v) is 11.3. The van der Waals surface area contributed by atoms with Gasteiger partial charge < -0.3 is 14.8 Å². The third-order valence-corrected chi connectivity index (χ3v) is 5.40. The summed E-state index contributed by atoms with van der Waals surface area (Å²) in [5.41, 5.74) is 0.777. The molecule has 10 heteroatoms. The number of hydrogen-bond donors (Lipinski definition) is 1. The first-order valence-electron chi connectivity index (χ1n) is 10.3. The van der Waals surface area contributed by atoms with E-state index in [0.717, 1.165) is 17.3 Å². The summed E-state index contributed by atoms with van der Waals surface area (Å²) in [5.74, 6) is -1.62. The number of nitrogens with zero attached hydrogens (tertiary/aromatic N) is 1. The van der Waals surface area contributed by atoms with Crippen LogP contribution in [-0.4, -0.2) is 40.5 Å². The molecule has 0 saturated carbocycles. The summed E-state index contributed by atoms with van der Waals surface area (Å²) in [5, 5.41) is 2.73. The van der Waals surface area contributed by atoms with Gasteiger partial charge in [-0.05, 0) is 57.0 Å². The van der Waals surface area contributed by atoms with Gasteiger partial charge in [-0.25, -0.2) is 4.79 Å². The molecule has 1 atom stereocenters. The summed E-state index contributed by atoms with van der Waals surface area (Å²) >= 11 is 1.08. The highest BCUT2D eigenvalue weighted by Crippen LogP contribution is 2.19. The van der Waals surface area contributed by atoms with Crippen molar-refractivity contribution in [2.75, 3.05) is 17.9 Å². The molecule has 34 heavy (non-hydrogen) atoms. The third-order valence-electron chi connectivity index (χ3n) is 4.42. The van der Waals surface area contributed by atoms with Crippen LogP contribution in [0.4, 0.5) is 5.69 Å². The molecule has 2 aromatic rings. The number of esters is 2. The molecule has 0 aliphatic rings. The Morgan fingerprint density at radius 3 is 2.44 bits per heavy atom. The van der Waals surface area contributed by atoms with E-state index >= 15 is 0 Å². The second-order valence-corrected chi connectivity index (χ2v) is 9.56. The summed E-state index contributed by atoms with van der Waals surface area (Å²) in [6.07, 6.45) is 3.75. The molecule has 1 unspecified atom stereocenters. The lowest BCUT2D eigenvalue weighted by molar-refractivity contribution is -0.161. The van der Waals surface area contributed by atoms with E-state index in [-0.39, 0.29) is 29.0 Å². The van der Waals surface area contributed by atoms with Crippen LogP contribution in [0.1, 0.15) is 43.6 Å². The Balaban J connectivity index is 0.00000578. The summed E-state index contributed by atoms with van der Waals surface area (Å²) in [7, 11) is 0. The van der Waals surface area contributed by atoms with Crippen LogP contribution >= 0.6 is 24.2 Å². The van der Waals surface area contributed by atoms with E-state index in [1.54, 1.807) is 51.4 Å². The quantitative estimate of drug-likeness (QED) is 0.394. The number of nitrogens with one attached hydrogen (secondary N) is 1. The van der Waals surface area contributed by atoms with Crippen molar-refractivity contribution in [3.63, 3.8) is 0 Å². The number of benzene rings is 1. The van der Waals surface area contributed by atoms with E-state index in [2.05, 4.69) is 10.3 Å². The lowest BCUT2D eigenvalue weighted by Crippen LogP contribution is -2.27. The fourth-order valence-electron chi connectivity index (χ4n) is 2.65. The van der Waals surface area contributed by atoms with Crippen molar-refractivity contribution in [3.8, 4) is 0 Å². The van der Waals surface area contributed by atoms with E-state index in [1.807, 2.05) is 6.07 Å². The van der Waals surface area contributed by atoms with Crippen LogP contribution in [0.25, 0.3) is 0 Å². The number of ether oxygens (including phenoxy) is 2. The van der Waals surface area contributed by atoms with Crippen LogP contribution < -0.4 is 5.32 Å². The Kier molecular flexibility index (Phi) is 11.7. The number of carbonyl (C=O) groups is 4. The number of thioether (sulfide) groups is 1. The van der Waals surface area contributed by atoms with Crippen molar-refractivity contribution in [1.82, 2.24) is 4.98 Å². The van der Waals surface area contributed by atoms with Gasteiger partial charge in [-0.15, -0.1) is 12.4 Å². The summed E-state index contributed by atoms with van der Waals surface area (Å²) in [6, 6.07) is 9.92. The van der Waals surface area contributed by atoms with Gasteiger partial charge in [0.15, 0.2) is 5.12 Å². The molecule has 0 spiro atoms. The number of aromatic nitrogens is 1. The van der Waals surface area contributed by atoms with Crippen LogP contribution in [-0.2, 0) is 30.3 Å². The molecule has 0 bridgehead atoms. The van der Waals surface area contributed by atoms with E-state index < -0.39 is 30.1 Å². The smallest absolute Gasteiger partial charge is 0.341 e. The minimum atomic E-state index is -0.705. The molecule has 2 rings (SSSR count). The molecular formula is C24H29ClN2O6S. The average Bonchev–Trinajstić information content (AvgIpc) is 2.76. The highest BCUT2D eigenvalue weighted by Gasteiger charge is 2.24. The van der Waals surface area contributed by atoms with Gasteiger partial charge in [-0.2, -0.15) is 0 Å². The normalized spacial score (nSPS) is 11.5. The number of carbonyl (C=O) groups excluding carboxylic acids is 4. The second kappa shape index (κ2) is 13.7. The van der Waals surface area contributed by atoms with Crippen LogP contribution in [0.5, 0.6) is 0 Å². The van der Waals surface area contributed by atoms with Crippen LogP contribution in [0.2, 0.25) is 0 Å². The van der Waals surface area contributed by atoms with Crippen LogP contribution in [0.15, 0.2) is 48.8 Å². The zero-order chi connectivity index (χ0) is 24.4. The number of amides is 1. The standard InChI is InChI=1S/C24H28N2O6S.ClH/c1-16(27)33-14-19(11-17-7-6-10-25-13-17)21(28)26-20-9-5-8-18(12-20)22(29)31-15-32-23(30)24(2,3)4;/h5-10,12-13,19H,11,14-15H2,1-4H3,(H,26,28);1H. The van der Waals surface area contributed by atoms with Crippen molar-refractivity contribution in [1.29, 1.82) is 0 Å². The molecule has 184 valence electrons. The summed E-state index contributed by atoms with van der Waals surface area (Å²) in [4.78, 5) is 52.5. The molecule has 8 nitrogen and oxygen atoms in total. The number of anilines is 1. The molecule has 1 heterocycles. The largest absolute Gasteiger partial charge is 0.427 e. The maximum absolute atomic E-state index is 12.9. The molecule has 1 aromatic heterocycles. The zero-order valence-electron chi connectivity index (χ0n) is 19.5. The van der Waals surface area contributed by atoms with Gasteiger partial charge in [0.2, 0.25) is 12.7 Å². The zero-order valence-corrected chi connectivity index (χ0v) is 21.2. The van der Waals surface area contributed by atoms with E-state index in [0.29, 0.717) is 17.9 Å². The highest BCUT2D eigenvalue weighted by atomic mass is 35.5. The third kappa shape index (κ3) is 9.93. The lowest BCUT2D eigenvalue weighted by Gasteiger charge is -2.17. The van der Waals surface area contributed by atoms with Gasteiger partial charge in [0.1, 0.15) is 0 Å². The Labute approximate surface area is 209 Å². The van der Waals surface area contributed by atoms with E-state index in [4.69, 9.17) is 9.47 Å². The second-order valence-electron chi connectivity index (χ2n) is 8.37. The molecule has 1 N–H and O–H groups in total. The van der Waals surface area contributed by atoms with Crippen LogP contribution in [0, 0.1) is 11.3 Å². The summed E-state index contributed by atoms with van der Waals surface area (Å²) < 4.78 is 9.94. The van der Waals surface area contributed by atoms with Gasteiger partial charge in [-0.1, -0.05) is 23.9 Å². The SMILES string of the molecule is CC(=O)SCC(Cc1cccnc1)C(=O)Nc1cccc(C(=O)OCOC(=O)C(C)(C)C)c1.Cl. The fraction of sp³-hybridized carbons (Fsp3) is 0.375. The Hall–Kier alpha value is -2.91. The first-order chi connectivity index (χ1) is 15.6. The van der Waals surface area contributed by atoms with Crippen molar-refractivity contribution < 1.29 is 28.7 Å². The maximum Gasteiger partial charge on any atom is 0.341 e. The van der Waals surface area contributed by atoms with Gasteiger partial charge in [0.25, 0.3) is 0 Å². The predicted octanol–water partition coefficient (Wildman–Crippen LogP) is 4.28. The number of rotatable bonds is 9. The van der Waals surface area contributed by atoms with Crippen molar-refractivity contribution in [2.24, 2.45) is 11.3 Å². The molecule has 0 aliphatic carbocycles. The Bertz CT molecular complexity index is 994. The number of pyridine rings is 1. The number of halogens is 1. The molecule has 0 aliphatic heterocycles. The summed E-state index contributed by atoms with van der Waals surface area (Å²) in [6.45, 7) is 6.04. The molecule has 0 saturated heterocycles. The van der Waals surface area contributed by atoms with E-state index in [1.165, 1.54) is 19.1 Å². The Morgan fingerprint density at radius 1 is 1.09 bits per heavy atom. The minimum absolute atomic E-state index is 0. The van der Waals surface area contributed by atoms with Crippen LogP contribution in [0.3, 0.4) is 0 Å². The van der Waals surface area contributed by atoms with Crippen molar-refractivity contribution in [3.05, 3.63) is 59.9 Å². The van der Waals surface area contributed by atoms with Crippen molar-refractivity contribution >= 4 is 52.8 Å². The first kappa shape index (κ1) is 29.1. The van der Waals surface area contributed by atoms with E-state index in [9.17, 15) is 19.2 Å². The predicted molar refractivity (Wildman–Crippen MR) is 133 cm³/mol. The lowest BCUT2D eigenvalue weighted by atomic mass is 9.98. The molecule has 1 aromatic carbocycles. The molecule has 0 radical (unpaired) electrons. The fourth-order valence-corrected chi connectivity index (χ4v) is 3.36.